The van der Waals surface area contributed by atoms with Gasteiger partial charge < -0.3 is 11.1 Å². The number of aromatic nitrogens is 2. The molecule has 0 spiro atoms. The maximum atomic E-state index is 5.90. The highest BCUT2D eigenvalue weighted by Gasteiger charge is 2.01. The van der Waals surface area contributed by atoms with Gasteiger partial charge in [0.15, 0.2) is 0 Å². The summed E-state index contributed by atoms with van der Waals surface area (Å²) >= 11 is 0. The molecule has 0 aliphatic heterocycles. The molecule has 0 aromatic carbocycles. The minimum atomic E-state index is 0.204. The van der Waals surface area contributed by atoms with Crippen molar-refractivity contribution in [2.45, 2.75) is 39.2 Å². The molecule has 84 valence electrons. The van der Waals surface area contributed by atoms with E-state index >= 15 is 0 Å². The third kappa shape index (κ3) is 4.25. The zero-order chi connectivity index (χ0) is 11.1. The van der Waals surface area contributed by atoms with E-state index in [1.807, 2.05) is 6.07 Å². The van der Waals surface area contributed by atoms with Crippen molar-refractivity contribution in [3.05, 3.63) is 18.1 Å². The first kappa shape index (κ1) is 11.9. The summed E-state index contributed by atoms with van der Waals surface area (Å²) in [4.78, 5) is 8.28. The van der Waals surface area contributed by atoms with E-state index in [0.29, 0.717) is 0 Å². The molecule has 15 heavy (non-hydrogen) atoms. The average Bonchev–Trinajstić information content (AvgIpc) is 2.27. The first-order valence-corrected chi connectivity index (χ1v) is 5.56. The second-order valence-electron chi connectivity index (χ2n) is 3.68. The van der Waals surface area contributed by atoms with Gasteiger partial charge in [0.25, 0.3) is 0 Å². The summed E-state index contributed by atoms with van der Waals surface area (Å²) in [5.74, 6) is 0.869. The van der Waals surface area contributed by atoms with Gasteiger partial charge in [-0.05, 0) is 12.8 Å². The third-order valence-corrected chi connectivity index (χ3v) is 2.29. The molecule has 0 bridgehead atoms. The molecule has 1 atom stereocenters. The molecule has 0 radical (unpaired) electrons. The predicted octanol–water partition coefficient (Wildman–Crippen LogP) is 1.58. The van der Waals surface area contributed by atoms with Gasteiger partial charge in [-0.25, -0.2) is 9.97 Å². The number of aryl methyl sites for hydroxylation is 1. The Kier molecular flexibility index (Phi) is 5.04. The fraction of sp³-hybridized carbons (Fsp3) is 0.636. The summed E-state index contributed by atoms with van der Waals surface area (Å²) < 4.78 is 0. The monoisotopic (exact) mass is 208 g/mol. The van der Waals surface area contributed by atoms with E-state index < -0.39 is 0 Å². The van der Waals surface area contributed by atoms with E-state index in [4.69, 9.17) is 5.73 Å². The van der Waals surface area contributed by atoms with Gasteiger partial charge in [-0.3, -0.25) is 0 Å². The molecule has 0 saturated heterocycles. The zero-order valence-corrected chi connectivity index (χ0v) is 9.53. The van der Waals surface area contributed by atoms with Crippen molar-refractivity contribution in [1.29, 1.82) is 0 Å². The SMILES string of the molecule is CCCC(N)CNc1cc(CC)ncn1. The van der Waals surface area contributed by atoms with Crippen LogP contribution in [-0.2, 0) is 6.42 Å². The van der Waals surface area contributed by atoms with Crippen LogP contribution in [0.25, 0.3) is 0 Å². The Morgan fingerprint density at radius 1 is 1.40 bits per heavy atom. The van der Waals surface area contributed by atoms with Crippen molar-refractivity contribution >= 4 is 5.82 Å². The molecule has 1 aromatic rings. The van der Waals surface area contributed by atoms with Crippen molar-refractivity contribution in [3.8, 4) is 0 Å². The van der Waals surface area contributed by atoms with Gasteiger partial charge in [-0.15, -0.1) is 0 Å². The number of nitrogens with two attached hydrogens (primary N) is 1. The summed E-state index contributed by atoms with van der Waals surface area (Å²) in [6, 6.07) is 2.17. The lowest BCUT2D eigenvalue weighted by Crippen LogP contribution is -2.29. The summed E-state index contributed by atoms with van der Waals surface area (Å²) in [7, 11) is 0. The van der Waals surface area contributed by atoms with Crippen LogP contribution in [0, 0.1) is 0 Å². The minimum Gasteiger partial charge on any atom is -0.368 e. The van der Waals surface area contributed by atoms with Crippen LogP contribution in [0.4, 0.5) is 5.82 Å². The Labute approximate surface area is 91.3 Å². The lowest BCUT2D eigenvalue weighted by Gasteiger charge is -2.12. The summed E-state index contributed by atoms with van der Waals surface area (Å²) in [5, 5.41) is 3.23. The first-order valence-electron chi connectivity index (χ1n) is 5.56. The predicted molar refractivity (Wildman–Crippen MR) is 62.8 cm³/mol. The lowest BCUT2D eigenvalue weighted by molar-refractivity contribution is 0.626. The third-order valence-electron chi connectivity index (χ3n) is 2.29. The first-order chi connectivity index (χ1) is 7.26. The van der Waals surface area contributed by atoms with Crippen LogP contribution in [-0.4, -0.2) is 22.6 Å². The maximum absolute atomic E-state index is 5.90. The molecule has 4 heteroatoms. The van der Waals surface area contributed by atoms with Crippen LogP contribution in [0.3, 0.4) is 0 Å². The zero-order valence-electron chi connectivity index (χ0n) is 9.53. The summed E-state index contributed by atoms with van der Waals surface area (Å²) in [6.45, 7) is 4.99. The van der Waals surface area contributed by atoms with Crippen LogP contribution in [0.2, 0.25) is 0 Å². The van der Waals surface area contributed by atoms with E-state index in [9.17, 15) is 0 Å². The van der Waals surface area contributed by atoms with Gasteiger partial charge >= 0.3 is 0 Å². The van der Waals surface area contributed by atoms with Gasteiger partial charge in [-0.1, -0.05) is 20.3 Å². The molecule has 0 aliphatic rings. The fourth-order valence-electron chi connectivity index (χ4n) is 1.40. The van der Waals surface area contributed by atoms with E-state index in [-0.39, 0.29) is 6.04 Å². The molecule has 4 nitrogen and oxygen atoms in total. The fourth-order valence-corrected chi connectivity index (χ4v) is 1.40. The quantitative estimate of drug-likeness (QED) is 0.745. The normalized spacial score (nSPS) is 12.5. The van der Waals surface area contributed by atoms with Crippen LogP contribution in [0.1, 0.15) is 32.4 Å². The van der Waals surface area contributed by atoms with Gasteiger partial charge in [0.1, 0.15) is 12.1 Å². The molecular formula is C11H20N4. The Hall–Kier alpha value is -1.16. The average molecular weight is 208 g/mol. The summed E-state index contributed by atoms with van der Waals surface area (Å²) in [6.07, 6.45) is 4.68. The highest BCUT2D eigenvalue weighted by molar-refractivity contribution is 5.34. The maximum Gasteiger partial charge on any atom is 0.129 e. The highest BCUT2D eigenvalue weighted by atomic mass is 15.0. The second-order valence-corrected chi connectivity index (χ2v) is 3.68. The largest absolute Gasteiger partial charge is 0.368 e. The Morgan fingerprint density at radius 2 is 2.20 bits per heavy atom. The lowest BCUT2D eigenvalue weighted by atomic mass is 10.2. The van der Waals surface area contributed by atoms with Gasteiger partial charge in [0, 0.05) is 24.3 Å². The van der Waals surface area contributed by atoms with Gasteiger partial charge in [0.05, 0.1) is 0 Å². The molecule has 1 heterocycles. The molecule has 0 aliphatic carbocycles. The van der Waals surface area contributed by atoms with E-state index in [0.717, 1.165) is 37.3 Å². The molecule has 1 aromatic heterocycles. The number of nitrogens with zero attached hydrogens (tertiary/aromatic N) is 2. The number of hydrogen-bond donors (Lipinski definition) is 2. The standard InChI is InChI=1S/C11H20N4/c1-3-5-9(12)7-13-11-6-10(4-2)14-8-15-11/h6,8-9H,3-5,7,12H2,1-2H3,(H,13,14,15). The van der Waals surface area contributed by atoms with Crippen molar-refractivity contribution in [3.63, 3.8) is 0 Å². The molecule has 0 saturated carbocycles. The Morgan fingerprint density at radius 3 is 2.87 bits per heavy atom. The molecule has 1 unspecified atom stereocenters. The Balaban J connectivity index is 2.43. The molecule has 3 N–H and O–H groups in total. The molecular weight excluding hydrogens is 188 g/mol. The van der Waals surface area contributed by atoms with E-state index in [1.54, 1.807) is 6.33 Å². The van der Waals surface area contributed by atoms with Crippen LogP contribution in [0.5, 0.6) is 0 Å². The molecule has 0 fully saturated rings. The van der Waals surface area contributed by atoms with Gasteiger partial charge in [-0.2, -0.15) is 0 Å². The molecule has 1 rings (SSSR count). The van der Waals surface area contributed by atoms with Crippen LogP contribution in [0.15, 0.2) is 12.4 Å². The number of rotatable bonds is 6. The Bertz CT molecular complexity index is 288. The van der Waals surface area contributed by atoms with E-state index in [2.05, 4.69) is 29.1 Å². The minimum absolute atomic E-state index is 0.204. The highest BCUT2D eigenvalue weighted by Crippen LogP contribution is 2.04. The number of hydrogen-bond acceptors (Lipinski definition) is 4. The van der Waals surface area contributed by atoms with Crippen molar-refractivity contribution in [2.24, 2.45) is 5.73 Å². The van der Waals surface area contributed by atoms with E-state index in [1.165, 1.54) is 0 Å². The van der Waals surface area contributed by atoms with Crippen molar-refractivity contribution in [1.82, 2.24) is 9.97 Å². The van der Waals surface area contributed by atoms with Gasteiger partial charge in [0.2, 0.25) is 0 Å². The van der Waals surface area contributed by atoms with Crippen LogP contribution >= 0.6 is 0 Å². The van der Waals surface area contributed by atoms with Crippen molar-refractivity contribution < 1.29 is 0 Å². The number of nitrogens with one attached hydrogen (secondary N) is 1. The smallest absolute Gasteiger partial charge is 0.129 e. The number of anilines is 1. The molecule has 0 amide bonds. The van der Waals surface area contributed by atoms with Crippen LogP contribution < -0.4 is 11.1 Å². The summed E-state index contributed by atoms with van der Waals surface area (Å²) in [5.41, 5.74) is 6.95. The second kappa shape index (κ2) is 6.35. The topological polar surface area (TPSA) is 63.8 Å². The van der Waals surface area contributed by atoms with Crippen molar-refractivity contribution in [2.75, 3.05) is 11.9 Å².